The lowest BCUT2D eigenvalue weighted by Crippen LogP contribution is -2.45. The maximum Gasteiger partial charge on any atom is 0.261 e. The van der Waals surface area contributed by atoms with Gasteiger partial charge in [0.25, 0.3) is 5.91 Å². The van der Waals surface area contributed by atoms with Crippen molar-refractivity contribution in [1.29, 1.82) is 0 Å². The molecule has 2 amide bonds. The van der Waals surface area contributed by atoms with E-state index < -0.39 is 17.6 Å². The van der Waals surface area contributed by atoms with E-state index in [0.717, 1.165) is 11.1 Å². The minimum absolute atomic E-state index is 0.00368. The van der Waals surface area contributed by atoms with Crippen molar-refractivity contribution in [2.45, 2.75) is 52.7 Å². The number of fused-ring (bicyclic) bond motifs is 1. The minimum Gasteiger partial charge on any atom is -0.481 e. The number of benzene rings is 2. The molecular weight excluding hydrogens is 419 g/mol. The van der Waals surface area contributed by atoms with Crippen LogP contribution < -0.4 is 10.1 Å². The van der Waals surface area contributed by atoms with Crippen molar-refractivity contribution < 1.29 is 18.7 Å². The summed E-state index contributed by atoms with van der Waals surface area (Å²) in [4.78, 5) is 27.6. The Balaban J connectivity index is 2.02. The lowest BCUT2D eigenvalue weighted by Gasteiger charge is -2.41. The van der Waals surface area contributed by atoms with Crippen molar-refractivity contribution in [3.8, 4) is 5.75 Å². The predicted octanol–water partition coefficient (Wildman–Crippen LogP) is 4.81. The summed E-state index contributed by atoms with van der Waals surface area (Å²) in [5, 5.41) is 2.77. The highest BCUT2D eigenvalue weighted by atomic mass is 19.1. The number of carbonyl (C=O) groups excluding carboxylic acids is 2. The second-order valence-electron chi connectivity index (χ2n) is 9.37. The van der Waals surface area contributed by atoms with Crippen LogP contribution in [0.2, 0.25) is 0 Å². The number of halogens is 1. The van der Waals surface area contributed by atoms with Crippen LogP contribution in [0, 0.1) is 11.2 Å². The molecule has 1 N–H and O–H groups in total. The summed E-state index contributed by atoms with van der Waals surface area (Å²) in [5.74, 6) is -0.00811. The summed E-state index contributed by atoms with van der Waals surface area (Å²) in [7, 11) is 0. The number of hydrogen-bond acceptors (Lipinski definition) is 3. The van der Waals surface area contributed by atoms with Gasteiger partial charge in [0.1, 0.15) is 11.6 Å². The minimum atomic E-state index is -0.647. The van der Waals surface area contributed by atoms with Crippen LogP contribution in [0.5, 0.6) is 5.75 Å². The van der Waals surface area contributed by atoms with Crippen LogP contribution in [0.15, 0.2) is 55.1 Å². The molecule has 1 aliphatic heterocycles. The fraction of sp³-hybridized carbons (Fsp3) is 0.407. The summed E-state index contributed by atoms with van der Waals surface area (Å²) in [5.41, 5.74) is 2.11. The van der Waals surface area contributed by atoms with Gasteiger partial charge in [0.2, 0.25) is 5.91 Å². The molecule has 2 aromatic rings. The third kappa shape index (κ3) is 5.62. The predicted molar refractivity (Wildman–Crippen MR) is 127 cm³/mol. The average Bonchev–Trinajstić information content (AvgIpc) is 2.78. The molecule has 176 valence electrons. The molecule has 0 bridgehead atoms. The molecule has 2 unspecified atom stereocenters. The Morgan fingerprint density at radius 1 is 1.27 bits per heavy atom. The first-order chi connectivity index (χ1) is 15.7. The van der Waals surface area contributed by atoms with Gasteiger partial charge in [-0.1, -0.05) is 52.0 Å². The number of nitrogens with zero attached hydrogens (tertiary/aromatic N) is 1. The van der Waals surface area contributed by atoms with Crippen LogP contribution in [0.4, 0.5) is 4.39 Å². The molecule has 2 atom stereocenters. The molecule has 2 aromatic carbocycles. The van der Waals surface area contributed by atoms with Gasteiger partial charge in [-0.05, 0) is 53.8 Å². The molecule has 1 aliphatic rings. The van der Waals surface area contributed by atoms with E-state index in [9.17, 15) is 14.0 Å². The molecular formula is C27H33FN2O3. The molecule has 0 aliphatic carbocycles. The number of rotatable bonds is 7. The van der Waals surface area contributed by atoms with Gasteiger partial charge in [0, 0.05) is 18.5 Å². The van der Waals surface area contributed by atoms with Crippen molar-refractivity contribution >= 4 is 11.8 Å². The third-order valence-corrected chi connectivity index (χ3v) is 5.77. The van der Waals surface area contributed by atoms with Crippen LogP contribution in [-0.2, 0) is 16.0 Å². The van der Waals surface area contributed by atoms with E-state index in [-0.39, 0.29) is 17.6 Å². The molecule has 1 heterocycles. The van der Waals surface area contributed by atoms with Crippen molar-refractivity contribution in [3.63, 3.8) is 0 Å². The molecule has 0 aromatic heterocycles. The maximum absolute atomic E-state index is 14.2. The zero-order valence-electron chi connectivity index (χ0n) is 19.9. The van der Waals surface area contributed by atoms with Gasteiger partial charge in [-0.25, -0.2) is 4.39 Å². The number of hydrogen-bond donors (Lipinski definition) is 1. The maximum atomic E-state index is 14.2. The smallest absolute Gasteiger partial charge is 0.261 e. The Labute approximate surface area is 195 Å². The van der Waals surface area contributed by atoms with Crippen LogP contribution >= 0.6 is 0 Å². The number of ether oxygens (including phenoxy) is 1. The molecule has 0 saturated carbocycles. The van der Waals surface area contributed by atoms with E-state index in [1.807, 2.05) is 56.9 Å². The summed E-state index contributed by atoms with van der Waals surface area (Å²) in [6.45, 7) is 12.1. The fourth-order valence-corrected chi connectivity index (χ4v) is 4.13. The third-order valence-electron chi connectivity index (χ3n) is 5.77. The molecule has 5 nitrogen and oxygen atoms in total. The second kappa shape index (κ2) is 10.2. The Bertz CT molecular complexity index is 1030. The molecule has 6 heteroatoms. The van der Waals surface area contributed by atoms with E-state index >= 15 is 0 Å². The van der Waals surface area contributed by atoms with E-state index in [1.54, 1.807) is 12.1 Å². The molecule has 0 saturated heterocycles. The van der Waals surface area contributed by atoms with Gasteiger partial charge in [0.05, 0.1) is 6.04 Å². The highest BCUT2D eigenvalue weighted by Gasteiger charge is 2.37. The van der Waals surface area contributed by atoms with E-state index in [1.165, 1.54) is 12.1 Å². The lowest BCUT2D eigenvalue weighted by molar-refractivity contribution is -0.141. The number of amides is 2. The zero-order chi connectivity index (χ0) is 24.2. The fourth-order valence-electron chi connectivity index (χ4n) is 4.13. The van der Waals surface area contributed by atoms with E-state index in [4.69, 9.17) is 4.74 Å². The molecule has 0 fully saturated rings. The van der Waals surface area contributed by atoms with Crippen LogP contribution in [0.1, 0.15) is 56.8 Å². The van der Waals surface area contributed by atoms with Crippen molar-refractivity contribution in [1.82, 2.24) is 10.2 Å². The molecule has 0 spiro atoms. The van der Waals surface area contributed by atoms with Crippen molar-refractivity contribution in [2.75, 3.05) is 13.1 Å². The van der Waals surface area contributed by atoms with Gasteiger partial charge >= 0.3 is 0 Å². The number of carbonyl (C=O) groups is 2. The van der Waals surface area contributed by atoms with Crippen molar-refractivity contribution in [3.05, 3.63) is 77.6 Å². The standard InChI is InChI=1S/C27H33FN2O3/c1-6-14-29-25(31)23(7-2)33-21-12-11-18-13-15-30(26(32)27(3,4)5)24(22(18)17-21)19-9-8-10-20(28)16-19/h6,8-12,16-17,23-24H,1,7,13-15H2,2-5H3,(H,29,31). The highest BCUT2D eigenvalue weighted by molar-refractivity contribution is 5.83. The zero-order valence-corrected chi connectivity index (χ0v) is 19.9. The first-order valence-electron chi connectivity index (χ1n) is 11.4. The van der Waals surface area contributed by atoms with Crippen LogP contribution in [0.25, 0.3) is 0 Å². The Kier molecular flexibility index (Phi) is 7.57. The topological polar surface area (TPSA) is 58.6 Å². The van der Waals surface area contributed by atoms with E-state index in [0.29, 0.717) is 37.2 Å². The Hall–Kier alpha value is -3.15. The molecule has 33 heavy (non-hydrogen) atoms. The monoisotopic (exact) mass is 452 g/mol. The largest absolute Gasteiger partial charge is 0.481 e. The lowest BCUT2D eigenvalue weighted by atomic mass is 9.85. The quantitative estimate of drug-likeness (QED) is 0.614. The SMILES string of the molecule is C=CCNC(=O)C(CC)Oc1ccc2c(c1)C(c1cccc(F)c1)N(C(=O)C(C)(C)C)CC2. The first-order valence-corrected chi connectivity index (χ1v) is 11.4. The molecule has 3 rings (SSSR count). The van der Waals surface area contributed by atoms with Gasteiger partial charge in [0.15, 0.2) is 6.10 Å². The van der Waals surface area contributed by atoms with Gasteiger partial charge in [-0.2, -0.15) is 0 Å². The Morgan fingerprint density at radius 3 is 2.67 bits per heavy atom. The average molecular weight is 453 g/mol. The van der Waals surface area contributed by atoms with Crippen molar-refractivity contribution in [2.24, 2.45) is 5.41 Å². The number of nitrogens with one attached hydrogen (secondary N) is 1. The van der Waals surface area contributed by atoms with E-state index in [2.05, 4.69) is 11.9 Å². The van der Waals surface area contributed by atoms with Gasteiger partial charge in [-0.3, -0.25) is 9.59 Å². The summed E-state index contributed by atoms with van der Waals surface area (Å²) >= 11 is 0. The Morgan fingerprint density at radius 2 is 2.03 bits per heavy atom. The first kappa shape index (κ1) is 24.5. The van der Waals surface area contributed by atoms with Gasteiger partial charge < -0.3 is 15.0 Å². The van der Waals surface area contributed by atoms with Crippen LogP contribution in [0.3, 0.4) is 0 Å². The van der Waals surface area contributed by atoms with Crippen LogP contribution in [-0.4, -0.2) is 35.9 Å². The summed E-state index contributed by atoms with van der Waals surface area (Å²) in [6.07, 6.45) is 2.17. The highest BCUT2D eigenvalue weighted by Crippen LogP contribution is 2.39. The summed E-state index contributed by atoms with van der Waals surface area (Å²) in [6, 6.07) is 11.7. The second-order valence-corrected chi connectivity index (χ2v) is 9.37. The summed E-state index contributed by atoms with van der Waals surface area (Å²) < 4.78 is 20.2. The molecule has 0 radical (unpaired) electrons. The normalized spacial score (nSPS) is 16.5. The van der Waals surface area contributed by atoms with Gasteiger partial charge in [-0.15, -0.1) is 6.58 Å².